The molecule has 0 saturated heterocycles. The summed E-state index contributed by atoms with van der Waals surface area (Å²) in [7, 11) is 0. The van der Waals surface area contributed by atoms with Gasteiger partial charge in [-0.2, -0.15) is 0 Å². The fraction of sp³-hybridized carbons (Fsp3) is 0.235. The average Bonchev–Trinajstić information content (AvgIpc) is 2.28. The van der Waals surface area contributed by atoms with Crippen molar-refractivity contribution in [1.82, 2.24) is 0 Å². The fourth-order valence-corrected chi connectivity index (χ4v) is 2.05. The van der Waals surface area contributed by atoms with Gasteiger partial charge in [-0.05, 0) is 37.8 Å². The van der Waals surface area contributed by atoms with Gasteiger partial charge in [0.2, 0.25) is 0 Å². The van der Waals surface area contributed by atoms with Crippen molar-refractivity contribution in [2.75, 3.05) is 0 Å². The molecule has 1 aromatic carbocycles. The highest BCUT2D eigenvalue weighted by Crippen LogP contribution is 2.27. The monoisotopic (exact) mass is 256 g/mol. The van der Waals surface area contributed by atoms with Crippen molar-refractivity contribution >= 4 is 11.5 Å². The Morgan fingerprint density at radius 2 is 1.53 bits per heavy atom. The van der Waals surface area contributed by atoms with E-state index in [-0.39, 0.29) is 0 Å². The van der Waals surface area contributed by atoms with E-state index in [0.717, 1.165) is 22.3 Å². The second kappa shape index (κ2) is 6.74. The zero-order valence-corrected chi connectivity index (χ0v) is 11.6. The van der Waals surface area contributed by atoms with Gasteiger partial charge < -0.3 is 5.11 Å². The van der Waals surface area contributed by atoms with Crippen LogP contribution >= 0.6 is 0 Å². The predicted molar refractivity (Wildman–Crippen MR) is 79.9 cm³/mol. The lowest BCUT2D eigenvalue weighted by atomic mass is 9.91. The molecule has 0 aliphatic rings. The van der Waals surface area contributed by atoms with Crippen molar-refractivity contribution in [2.45, 2.75) is 26.7 Å². The molecule has 0 unspecified atom stereocenters. The normalized spacial score (nSPS) is 9.79. The molecule has 0 saturated carbocycles. The maximum atomic E-state index is 11.6. The summed E-state index contributed by atoms with van der Waals surface area (Å²) in [6, 6.07) is 9.20. The third kappa shape index (κ3) is 4.59. The van der Waals surface area contributed by atoms with Gasteiger partial charge in [-0.3, -0.25) is 0 Å². The molecule has 100 valence electrons. The van der Waals surface area contributed by atoms with Gasteiger partial charge in [-0.25, -0.2) is 4.79 Å². The number of benzene rings is 1. The lowest BCUT2D eigenvalue weighted by Crippen LogP contribution is -2.05. The van der Waals surface area contributed by atoms with Gasteiger partial charge >= 0.3 is 5.97 Å². The first kappa shape index (κ1) is 15.0. The van der Waals surface area contributed by atoms with Crippen LogP contribution < -0.4 is 0 Å². The highest BCUT2D eigenvalue weighted by Gasteiger charge is 2.16. The van der Waals surface area contributed by atoms with E-state index in [1.54, 1.807) is 0 Å². The van der Waals surface area contributed by atoms with E-state index in [9.17, 15) is 9.90 Å². The number of rotatable bonds is 6. The largest absolute Gasteiger partial charge is 0.478 e. The van der Waals surface area contributed by atoms with Crippen molar-refractivity contribution < 1.29 is 9.90 Å². The zero-order valence-electron chi connectivity index (χ0n) is 11.6. The van der Waals surface area contributed by atoms with Crippen molar-refractivity contribution in [2.24, 2.45) is 0 Å². The Hall–Kier alpha value is -2.09. The second-order valence-corrected chi connectivity index (χ2v) is 4.92. The number of allylic oxidation sites excluding steroid dienone is 3. The van der Waals surface area contributed by atoms with Gasteiger partial charge in [-0.1, -0.05) is 54.6 Å². The highest BCUT2D eigenvalue weighted by atomic mass is 16.4. The van der Waals surface area contributed by atoms with Gasteiger partial charge in [0.15, 0.2) is 0 Å². The smallest absolute Gasteiger partial charge is 0.336 e. The second-order valence-electron chi connectivity index (χ2n) is 4.92. The molecule has 2 heteroatoms. The summed E-state index contributed by atoms with van der Waals surface area (Å²) in [6.45, 7) is 11.6. The molecule has 19 heavy (non-hydrogen) atoms. The van der Waals surface area contributed by atoms with Crippen LogP contribution in [0.2, 0.25) is 0 Å². The fourth-order valence-electron chi connectivity index (χ4n) is 2.05. The van der Waals surface area contributed by atoms with Crippen LogP contribution in [0.4, 0.5) is 0 Å². The standard InChI is InChI=1S/C17H20O2/c1-12(2)10-15(11-13(3)4)16(17(18)19)14-8-6-5-7-9-14/h5-9H,1,3,10-11H2,2,4H3,(H,18,19). The minimum absolute atomic E-state index is 0.367. The van der Waals surface area contributed by atoms with Crippen LogP contribution in [0, 0.1) is 0 Å². The van der Waals surface area contributed by atoms with Crippen LogP contribution in [0.5, 0.6) is 0 Å². The molecule has 0 fully saturated rings. The third-order valence-electron chi connectivity index (χ3n) is 2.66. The van der Waals surface area contributed by atoms with Crippen LogP contribution in [-0.4, -0.2) is 11.1 Å². The molecule has 0 amide bonds. The summed E-state index contributed by atoms with van der Waals surface area (Å²) >= 11 is 0. The first-order chi connectivity index (χ1) is 8.91. The zero-order chi connectivity index (χ0) is 14.4. The average molecular weight is 256 g/mol. The molecular weight excluding hydrogens is 236 g/mol. The van der Waals surface area contributed by atoms with Crippen LogP contribution in [0.1, 0.15) is 32.3 Å². The van der Waals surface area contributed by atoms with E-state index in [2.05, 4.69) is 13.2 Å². The number of hydrogen-bond acceptors (Lipinski definition) is 1. The van der Waals surface area contributed by atoms with E-state index >= 15 is 0 Å². The van der Waals surface area contributed by atoms with Crippen molar-refractivity contribution in [3.8, 4) is 0 Å². The Labute approximate surface area is 114 Å². The molecule has 0 aliphatic heterocycles. The van der Waals surface area contributed by atoms with Gasteiger partial charge in [0.05, 0.1) is 5.57 Å². The summed E-state index contributed by atoms with van der Waals surface area (Å²) in [5.41, 5.74) is 3.86. The van der Waals surface area contributed by atoms with Crippen LogP contribution in [0.25, 0.3) is 5.57 Å². The SMILES string of the molecule is C=C(C)CC(CC(=C)C)=C(C(=O)O)c1ccccc1. The lowest BCUT2D eigenvalue weighted by Gasteiger charge is -2.13. The minimum atomic E-state index is -0.899. The van der Waals surface area contributed by atoms with Crippen LogP contribution in [0.3, 0.4) is 0 Å². The van der Waals surface area contributed by atoms with Gasteiger partial charge in [-0.15, -0.1) is 0 Å². The van der Waals surface area contributed by atoms with Gasteiger partial charge in [0.1, 0.15) is 0 Å². The lowest BCUT2D eigenvalue weighted by molar-refractivity contribution is -0.130. The third-order valence-corrected chi connectivity index (χ3v) is 2.66. The predicted octanol–water partition coefficient (Wildman–Crippen LogP) is 4.46. The van der Waals surface area contributed by atoms with E-state index in [1.807, 2.05) is 44.2 Å². The molecule has 0 heterocycles. The molecule has 1 rings (SSSR count). The molecule has 0 radical (unpaired) electrons. The Morgan fingerprint density at radius 1 is 1.05 bits per heavy atom. The first-order valence-corrected chi connectivity index (χ1v) is 6.21. The first-order valence-electron chi connectivity index (χ1n) is 6.21. The molecule has 0 bridgehead atoms. The van der Waals surface area contributed by atoms with Crippen molar-refractivity contribution in [1.29, 1.82) is 0 Å². The van der Waals surface area contributed by atoms with E-state index in [4.69, 9.17) is 0 Å². The van der Waals surface area contributed by atoms with Crippen molar-refractivity contribution in [3.63, 3.8) is 0 Å². The van der Waals surface area contributed by atoms with Crippen LogP contribution in [-0.2, 0) is 4.79 Å². The number of carboxylic acid groups (broad SMARTS) is 1. The molecule has 2 nitrogen and oxygen atoms in total. The summed E-state index contributed by atoms with van der Waals surface area (Å²) in [5, 5.41) is 9.51. The number of hydrogen-bond donors (Lipinski definition) is 1. The summed E-state index contributed by atoms with van der Waals surface area (Å²) in [5.74, 6) is -0.899. The number of carboxylic acids is 1. The van der Waals surface area contributed by atoms with Gasteiger partial charge in [0.25, 0.3) is 0 Å². The van der Waals surface area contributed by atoms with Crippen molar-refractivity contribution in [3.05, 3.63) is 65.8 Å². The van der Waals surface area contributed by atoms with E-state index in [1.165, 1.54) is 0 Å². The number of carbonyl (C=O) groups is 1. The Morgan fingerprint density at radius 3 is 1.89 bits per heavy atom. The quantitative estimate of drug-likeness (QED) is 0.602. The molecule has 0 aromatic heterocycles. The van der Waals surface area contributed by atoms with Gasteiger partial charge in [0, 0.05) is 0 Å². The molecular formula is C17H20O2. The summed E-state index contributed by atoms with van der Waals surface area (Å²) in [4.78, 5) is 11.6. The molecule has 0 spiro atoms. The maximum Gasteiger partial charge on any atom is 0.336 e. The number of aliphatic carboxylic acids is 1. The summed E-state index contributed by atoms with van der Waals surface area (Å²) < 4.78 is 0. The maximum absolute atomic E-state index is 11.6. The minimum Gasteiger partial charge on any atom is -0.478 e. The Kier molecular flexibility index (Phi) is 5.31. The Bertz CT molecular complexity index is 503. The van der Waals surface area contributed by atoms with E-state index < -0.39 is 5.97 Å². The van der Waals surface area contributed by atoms with E-state index in [0.29, 0.717) is 18.4 Å². The Balaban J connectivity index is 3.36. The molecule has 1 aromatic rings. The molecule has 0 atom stereocenters. The molecule has 0 aliphatic carbocycles. The topological polar surface area (TPSA) is 37.3 Å². The summed E-state index contributed by atoms with van der Waals surface area (Å²) in [6.07, 6.45) is 1.17. The molecule has 1 N–H and O–H groups in total. The highest BCUT2D eigenvalue weighted by molar-refractivity contribution is 6.16. The van der Waals surface area contributed by atoms with Crippen LogP contribution in [0.15, 0.2) is 60.2 Å².